The number of nitrogens with one attached hydrogen (secondary N) is 2. The van der Waals surface area contributed by atoms with Crippen LogP contribution in [0.25, 0.3) is 0 Å². The van der Waals surface area contributed by atoms with Gasteiger partial charge in [-0.15, -0.1) is 0 Å². The first-order valence-corrected chi connectivity index (χ1v) is 9.79. The monoisotopic (exact) mass is 445 g/mol. The zero-order valence-corrected chi connectivity index (χ0v) is 17.1. The van der Waals surface area contributed by atoms with Gasteiger partial charge in [0.05, 0.1) is 13.2 Å². The van der Waals surface area contributed by atoms with E-state index in [0.29, 0.717) is 19.3 Å². The average molecular weight is 445 g/mol. The van der Waals surface area contributed by atoms with Gasteiger partial charge in [0.2, 0.25) is 17.7 Å². The van der Waals surface area contributed by atoms with Crippen molar-refractivity contribution in [3.63, 3.8) is 0 Å². The summed E-state index contributed by atoms with van der Waals surface area (Å²) < 4.78 is 0. The van der Waals surface area contributed by atoms with Gasteiger partial charge in [0.25, 0.3) is 0 Å². The number of carbonyl (C=O) groups is 4. The van der Waals surface area contributed by atoms with Crippen molar-refractivity contribution in [2.45, 2.75) is 49.9 Å². The summed E-state index contributed by atoms with van der Waals surface area (Å²) in [5.41, 5.74) is 15.8. The normalized spacial score (nSPS) is 18.5. The van der Waals surface area contributed by atoms with Crippen LogP contribution in [0.4, 0.5) is 0 Å². The quantitative estimate of drug-likeness (QED) is 0.0810. The fourth-order valence-electron chi connectivity index (χ4n) is 3.08. The van der Waals surface area contributed by atoms with E-state index in [9.17, 15) is 29.4 Å². The zero-order valence-electron chi connectivity index (χ0n) is 17.1. The molecule has 1 saturated heterocycles. The molecule has 0 aromatic rings. The van der Waals surface area contributed by atoms with Gasteiger partial charge >= 0.3 is 5.97 Å². The molecule has 0 aromatic heterocycles. The van der Waals surface area contributed by atoms with Crippen LogP contribution in [0.2, 0.25) is 0 Å². The fourth-order valence-corrected chi connectivity index (χ4v) is 3.08. The lowest BCUT2D eigenvalue weighted by atomic mass is 10.1. The van der Waals surface area contributed by atoms with Gasteiger partial charge in [-0.1, -0.05) is 0 Å². The number of hydrogen-bond acceptors (Lipinski definition) is 8. The molecule has 0 radical (unpaired) electrons. The maximum absolute atomic E-state index is 12.7. The Morgan fingerprint density at radius 3 is 2.32 bits per heavy atom. The molecule has 1 rings (SSSR count). The second-order valence-corrected chi connectivity index (χ2v) is 7.07. The smallest absolute Gasteiger partial charge is 0.326 e. The first kappa shape index (κ1) is 26.1. The first-order valence-electron chi connectivity index (χ1n) is 9.79. The molecule has 1 aliphatic heterocycles. The number of nitrogens with two attached hydrogens (primary N) is 3. The number of aliphatic imine (C=N–C) groups is 1. The van der Waals surface area contributed by atoms with E-state index in [2.05, 4.69) is 15.6 Å². The number of likely N-dealkylation sites (tertiary alicyclic amines) is 1. The summed E-state index contributed by atoms with van der Waals surface area (Å²) in [5, 5.41) is 32.4. The van der Waals surface area contributed by atoms with Crippen molar-refractivity contribution in [3.8, 4) is 0 Å². The highest BCUT2D eigenvalue weighted by molar-refractivity contribution is 5.94. The van der Waals surface area contributed by atoms with Crippen LogP contribution in [0, 0.1) is 0 Å². The minimum Gasteiger partial charge on any atom is -0.480 e. The molecule has 1 fully saturated rings. The van der Waals surface area contributed by atoms with Gasteiger partial charge in [0, 0.05) is 13.1 Å². The van der Waals surface area contributed by atoms with Crippen LogP contribution < -0.4 is 27.8 Å². The second-order valence-electron chi connectivity index (χ2n) is 7.07. The molecule has 1 aliphatic rings. The van der Waals surface area contributed by atoms with E-state index >= 15 is 0 Å². The Morgan fingerprint density at radius 1 is 1.10 bits per heavy atom. The third-order valence-electron chi connectivity index (χ3n) is 4.73. The number of carboxylic acid groups (broad SMARTS) is 1. The van der Waals surface area contributed by atoms with Crippen LogP contribution >= 0.6 is 0 Å². The summed E-state index contributed by atoms with van der Waals surface area (Å²) in [5.74, 6) is -3.57. The molecule has 1 heterocycles. The van der Waals surface area contributed by atoms with Crippen molar-refractivity contribution in [3.05, 3.63) is 0 Å². The number of rotatable bonds is 12. The van der Waals surface area contributed by atoms with E-state index in [1.54, 1.807) is 0 Å². The van der Waals surface area contributed by atoms with Crippen molar-refractivity contribution in [1.82, 2.24) is 15.5 Å². The number of guanidine groups is 1. The van der Waals surface area contributed by atoms with Crippen LogP contribution in [0.15, 0.2) is 4.99 Å². The van der Waals surface area contributed by atoms with Gasteiger partial charge in [-0.2, -0.15) is 0 Å². The van der Waals surface area contributed by atoms with Crippen molar-refractivity contribution in [2.24, 2.45) is 22.2 Å². The molecule has 0 unspecified atom stereocenters. The Bertz CT molecular complexity index is 684. The molecule has 14 nitrogen and oxygen atoms in total. The fraction of sp³-hybridized carbons (Fsp3) is 0.706. The number of nitrogens with zero attached hydrogens (tertiary/aromatic N) is 2. The maximum Gasteiger partial charge on any atom is 0.326 e. The highest BCUT2D eigenvalue weighted by Gasteiger charge is 2.38. The van der Waals surface area contributed by atoms with Gasteiger partial charge in [-0.05, 0) is 25.7 Å². The van der Waals surface area contributed by atoms with Crippen molar-refractivity contribution in [1.29, 1.82) is 0 Å². The molecule has 14 heteroatoms. The minimum absolute atomic E-state index is 0.0763. The average Bonchev–Trinajstić information content (AvgIpc) is 3.22. The third-order valence-corrected chi connectivity index (χ3v) is 4.73. The number of hydrogen-bond donors (Lipinski definition) is 8. The van der Waals surface area contributed by atoms with E-state index in [-0.39, 0.29) is 25.5 Å². The molecule has 0 saturated carbocycles. The van der Waals surface area contributed by atoms with E-state index in [4.69, 9.17) is 22.3 Å². The van der Waals surface area contributed by atoms with Gasteiger partial charge in [-0.25, -0.2) is 4.79 Å². The lowest BCUT2D eigenvalue weighted by Crippen LogP contribution is -2.58. The minimum atomic E-state index is -1.35. The summed E-state index contributed by atoms with van der Waals surface area (Å²) in [6.45, 7) is -0.996. The van der Waals surface area contributed by atoms with E-state index in [1.807, 2.05) is 0 Å². The lowest BCUT2D eigenvalue weighted by molar-refractivity contribution is -0.145. The Hall–Kier alpha value is -2.97. The largest absolute Gasteiger partial charge is 0.480 e. The molecule has 31 heavy (non-hydrogen) atoms. The predicted molar refractivity (Wildman–Crippen MR) is 108 cm³/mol. The summed E-state index contributed by atoms with van der Waals surface area (Å²) in [6, 6.07) is -4.78. The Labute approximate surface area is 178 Å². The molecular weight excluding hydrogens is 414 g/mol. The molecule has 4 atom stereocenters. The number of aliphatic carboxylic acids is 1. The highest BCUT2D eigenvalue weighted by Crippen LogP contribution is 2.19. The first-order chi connectivity index (χ1) is 14.6. The molecule has 0 aliphatic carbocycles. The Balaban J connectivity index is 2.77. The summed E-state index contributed by atoms with van der Waals surface area (Å²) >= 11 is 0. The number of amides is 3. The van der Waals surface area contributed by atoms with Gasteiger partial charge in [0.15, 0.2) is 5.96 Å². The van der Waals surface area contributed by atoms with Crippen molar-refractivity contribution >= 4 is 29.7 Å². The molecule has 0 aromatic carbocycles. The summed E-state index contributed by atoms with van der Waals surface area (Å²) in [6.07, 6.45) is 1.16. The lowest BCUT2D eigenvalue weighted by Gasteiger charge is -2.29. The molecule has 11 N–H and O–H groups in total. The maximum atomic E-state index is 12.7. The summed E-state index contributed by atoms with van der Waals surface area (Å²) in [4.78, 5) is 53.6. The Kier molecular flexibility index (Phi) is 10.6. The molecule has 0 bridgehead atoms. The van der Waals surface area contributed by atoms with E-state index in [1.165, 1.54) is 4.90 Å². The van der Waals surface area contributed by atoms with E-state index < -0.39 is 61.1 Å². The van der Waals surface area contributed by atoms with Gasteiger partial charge < -0.3 is 48.1 Å². The standard InChI is InChI=1S/C17H31N7O7/c18-9(7-25)13(27)23-11(8-26)15(29)24-6-2-4-12(24)14(28)22-10(16(30)31)3-1-5-21-17(19)20/h9-12,25-26H,1-8,18H2,(H,22,28)(H,23,27)(H,30,31)(H4,19,20,21)/t9-,10-,11-,12-/m0/s1. The zero-order chi connectivity index (χ0) is 23.6. The number of aliphatic hydroxyl groups excluding tert-OH is 2. The second kappa shape index (κ2) is 12.7. The number of carboxylic acids is 1. The predicted octanol–water partition coefficient (Wildman–Crippen LogP) is -4.60. The molecule has 3 amide bonds. The van der Waals surface area contributed by atoms with Gasteiger partial charge in [0.1, 0.15) is 24.2 Å². The van der Waals surface area contributed by atoms with Crippen LogP contribution in [0.1, 0.15) is 25.7 Å². The van der Waals surface area contributed by atoms with Gasteiger partial charge in [-0.3, -0.25) is 19.4 Å². The summed E-state index contributed by atoms with van der Waals surface area (Å²) in [7, 11) is 0. The molecule has 176 valence electrons. The SMILES string of the molecule is NC(N)=NCCC[C@H](NC(=O)[C@@H]1CCCN1C(=O)[C@H](CO)NC(=O)[C@@H](N)CO)C(=O)O. The van der Waals surface area contributed by atoms with Crippen molar-refractivity contribution < 1.29 is 34.5 Å². The van der Waals surface area contributed by atoms with E-state index in [0.717, 1.165) is 0 Å². The molecule has 0 spiro atoms. The number of carbonyl (C=O) groups excluding carboxylic acids is 3. The third kappa shape index (κ3) is 7.99. The van der Waals surface area contributed by atoms with Crippen LogP contribution in [-0.4, -0.2) is 100 Å². The molecular formula is C17H31N7O7. The topological polar surface area (TPSA) is 247 Å². The van der Waals surface area contributed by atoms with Crippen LogP contribution in [-0.2, 0) is 19.2 Å². The Morgan fingerprint density at radius 2 is 1.77 bits per heavy atom. The van der Waals surface area contributed by atoms with Crippen LogP contribution in [0.5, 0.6) is 0 Å². The van der Waals surface area contributed by atoms with Crippen molar-refractivity contribution in [2.75, 3.05) is 26.3 Å². The van der Waals surface area contributed by atoms with Crippen LogP contribution in [0.3, 0.4) is 0 Å². The number of aliphatic hydroxyl groups is 2. The highest BCUT2D eigenvalue weighted by atomic mass is 16.4.